The molecule has 0 heterocycles. The Bertz CT molecular complexity index is 947. The number of nitrogens with one attached hydrogen (secondary N) is 2. The van der Waals surface area contributed by atoms with Gasteiger partial charge in [0.05, 0.1) is 12.5 Å². The SMILES string of the molecule is CC(C)C(=O)O[C@H]1CC2C[C@@H](CCCCCNCCCCNCCCN)CC[C@]2(C)C2CC[C@@]3(C)C(CC[C@@H]3CCOC(O)C(C)C)C21. The van der Waals surface area contributed by atoms with Gasteiger partial charge in [-0.1, -0.05) is 60.8 Å². The zero-order chi connectivity index (χ0) is 34.7. The molecule has 4 aliphatic rings. The van der Waals surface area contributed by atoms with E-state index in [9.17, 15) is 9.90 Å². The zero-order valence-electron chi connectivity index (χ0n) is 32.1. The number of hydrogen-bond acceptors (Lipinski definition) is 7. The van der Waals surface area contributed by atoms with Gasteiger partial charge in [0.25, 0.3) is 0 Å². The van der Waals surface area contributed by atoms with Gasteiger partial charge in [0.1, 0.15) is 6.10 Å². The molecular weight excluding hydrogens is 598 g/mol. The van der Waals surface area contributed by atoms with Crippen molar-refractivity contribution in [2.45, 2.75) is 157 Å². The van der Waals surface area contributed by atoms with Crippen LogP contribution in [-0.2, 0) is 14.3 Å². The molecule has 0 spiro atoms. The molecule has 0 aromatic heterocycles. The van der Waals surface area contributed by atoms with Gasteiger partial charge in [-0.25, -0.2) is 0 Å². The van der Waals surface area contributed by atoms with Crippen LogP contribution in [0.25, 0.3) is 0 Å². The molecule has 5 unspecified atom stereocenters. The average Bonchev–Trinajstić information content (AvgIpc) is 3.39. The van der Waals surface area contributed by atoms with Crippen molar-refractivity contribution >= 4 is 5.97 Å². The first-order valence-electron chi connectivity index (χ1n) is 20.6. The summed E-state index contributed by atoms with van der Waals surface area (Å²) in [7, 11) is 0. The summed E-state index contributed by atoms with van der Waals surface area (Å²) in [5, 5.41) is 17.4. The molecule has 0 saturated heterocycles. The van der Waals surface area contributed by atoms with Crippen LogP contribution >= 0.6 is 0 Å². The maximum Gasteiger partial charge on any atom is 0.308 e. The lowest BCUT2D eigenvalue weighted by Gasteiger charge is -2.63. The van der Waals surface area contributed by atoms with Crippen molar-refractivity contribution in [3.8, 4) is 0 Å². The second kappa shape index (κ2) is 19.2. The van der Waals surface area contributed by atoms with Crippen LogP contribution in [0.3, 0.4) is 0 Å². The van der Waals surface area contributed by atoms with Crippen LogP contribution < -0.4 is 16.4 Å². The molecule has 0 aromatic carbocycles. The predicted molar refractivity (Wildman–Crippen MR) is 197 cm³/mol. The van der Waals surface area contributed by atoms with E-state index in [-0.39, 0.29) is 29.3 Å². The van der Waals surface area contributed by atoms with Crippen LogP contribution in [0.15, 0.2) is 0 Å². The fraction of sp³-hybridized carbons (Fsp3) is 0.976. The maximum atomic E-state index is 13.2. The molecule has 7 heteroatoms. The predicted octanol–water partition coefficient (Wildman–Crippen LogP) is 7.69. The summed E-state index contributed by atoms with van der Waals surface area (Å²) in [4.78, 5) is 13.2. The lowest BCUT2D eigenvalue weighted by molar-refractivity contribution is -0.195. The molecule has 4 rings (SSSR count). The molecule has 4 saturated carbocycles. The van der Waals surface area contributed by atoms with Crippen LogP contribution in [-0.4, -0.2) is 62.8 Å². The highest BCUT2D eigenvalue weighted by molar-refractivity contribution is 5.71. The van der Waals surface area contributed by atoms with E-state index >= 15 is 0 Å². The number of rotatable bonds is 21. The fourth-order valence-electron chi connectivity index (χ4n) is 10.9. The molecule has 0 aromatic rings. The third-order valence-corrected chi connectivity index (χ3v) is 14.0. The van der Waals surface area contributed by atoms with Gasteiger partial charge in [-0.3, -0.25) is 4.79 Å². The van der Waals surface area contributed by atoms with E-state index in [0.29, 0.717) is 41.6 Å². The van der Waals surface area contributed by atoms with Gasteiger partial charge in [-0.2, -0.15) is 0 Å². The number of esters is 1. The highest BCUT2D eigenvalue weighted by Gasteiger charge is 2.63. The Labute approximate surface area is 295 Å². The molecule has 0 amide bonds. The Morgan fingerprint density at radius 1 is 0.812 bits per heavy atom. The summed E-state index contributed by atoms with van der Waals surface area (Å²) >= 11 is 0. The van der Waals surface area contributed by atoms with Gasteiger partial charge in [0, 0.05) is 11.8 Å². The fourth-order valence-corrected chi connectivity index (χ4v) is 10.9. The third kappa shape index (κ3) is 10.2. The molecular formula is C41H77N3O4. The Morgan fingerprint density at radius 3 is 2.12 bits per heavy atom. The van der Waals surface area contributed by atoms with E-state index in [1.165, 1.54) is 83.5 Å². The molecule has 7 nitrogen and oxygen atoms in total. The van der Waals surface area contributed by atoms with E-state index in [2.05, 4.69) is 24.5 Å². The number of ether oxygens (including phenoxy) is 2. The monoisotopic (exact) mass is 676 g/mol. The van der Waals surface area contributed by atoms with Crippen molar-refractivity contribution in [3.05, 3.63) is 0 Å². The van der Waals surface area contributed by atoms with Gasteiger partial charge >= 0.3 is 5.97 Å². The van der Waals surface area contributed by atoms with E-state index in [1.54, 1.807) is 0 Å². The second-order valence-corrected chi connectivity index (χ2v) is 17.8. The van der Waals surface area contributed by atoms with Crippen molar-refractivity contribution in [1.29, 1.82) is 0 Å². The highest BCUT2D eigenvalue weighted by Crippen LogP contribution is 2.68. The van der Waals surface area contributed by atoms with E-state index in [0.717, 1.165) is 57.9 Å². The average molecular weight is 676 g/mol. The normalized spacial score (nSPS) is 35.3. The van der Waals surface area contributed by atoms with Crippen molar-refractivity contribution in [3.63, 3.8) is 0 Å². The number of fused-ring (bicyclic) bond motifs is 5. The number of unbranched alkanes of at least 4 members (excludes halogenated alkanes) is 3. The van der Waals surface area contributed by atoms with E-state index < -0.39 is 6.29 Å². The standard InChI is InChI=1S/C41H77N3O4/c1-29(2)38(45)47-26-18-32-14-15-34-37-35(17-20-40(32,34)5)41(6)19-16-31(27-33(41)28-36(37)48-39(46)30(3)4)13-8-7-9-22-43-23-10-11-24-44-25-12-21-42/h29-38,43-45H,7-28,42H2,1-6H3/t31-,32+,33?,34?,35?,36-,37?,38?,40+,41-/m0/s1. The molecule has 0 bridgehead atoms. The van der Waals surface area contributed by atoms with Crippen LogP contribution in [0.5, 0.6) is 0 Å². The quantitative estimate of drug-likeness (QED) is 0.0562. The van der Waals surface area contributed by atoms with Crippen LogP contribution in [0.1, 0.15) is 144 Å². The minimum absolute atomic E-state index is 0.000367. The maximum absolute atomic E-state index is 13.2. The third-order valence-electron chi connectivity index (χ3n) is 14.0. The molecule has 5 N–H and O–H groups in total. The molecule has 10 atom stereocenters. The van der Waals surface area contributed by atoms with E-state index in [4.69, 9.17) is 15.2 Å². The number of carbonyl (C=O) groups is 1. The van der Waals surface area contributed by atoms with Crippen molar-refractivity contribution < 1.29 is 19.4 Å². The first-order chi connectivity index (χ1) is 23.0. The Kier molecular flexibility index (Phi) is 16.0. The number of aliphatic hydroxyl groups is 1. The lowest BCUT2D eigenvalue weighted by Crippen LogP contribution is -2.59. The van der Waals surface area contributed by atoms with Crippen molar-refractivity contribution in [1.82, 2.24) is 10.6 Å². The summed E-state index contributed by atoms with van der Waals surface area (Å²) in [5.74, 6) is 3.91. The Balaban J connectivity index is 1.28. The largest absolute Gasteiger partial charge is 0.462 e. The summed E-state index contributed by atoms with van der Waals surface area (Å²) in [5.41, 5.74) is 6.19. The number of aliphatic hydroxyl groups excluding tert-OH is 1. The summed E-state index contributed by atoms with van der Waals surface area (Å²) in [6.45, 7) is 19.0. The van der Waals surface area contributed by atoms with Crippen molar-refractivity contribution in [2.24, 2.45) is 63.9 Å². The smallest absolute Gasteiger partial charge is 0.308 e. The Morgan fingerprint density at radius 2 is 1.46 bits per heavy atom. The number of carbonyl (C=O) groups excluding carboxylic acids is 1. The molecule has 48 heavy (non-hydrogen) atoms. The summed E-state index contributed by atoms with van der Waals surface area (Å²) < 4.78 is 12.4. The highest BCUT2D eigenvalue weighted by atomic mass is 16.6. The first-order valence-corrected chi connectivity index (χ1v) is 20.6. The minimum Gasteiger partial charge on any atom is -0.462 e. The van der Waals surface area contributed by atoms with Gasteiger partial charge in [-0.05, 0) is 157 Å². The molecule has 0 radical (unpaired) electrons. The first kappa shape index (κ1) is 40.0. The minimum atomic E-state index is -0.673. The molecule has 0 aliphatic heterocycles. The molecule has 4 fully saturated rings. The zero-order valence-corrected chi connectivity index (χ0v) is 32.1. The topological polar surface area (TPSA) is 106 Å². The van der Waals surface area contributed by atoms with Crippen LogP contribution in [0, 0.1) is 58.2 Å². The molecule has 280 valence electrons. The summed E-state index contributed by atoms with van der Waals surface area (Å²) in [6.07, 6.45) is 19.4. The van der Waals surface area contributed by atoms with Gasteiger partial charge in [0.2, 0.25) is 0 Å². The van der Waals surface area contributed by atoms with Crippen LogP contribution in [0.4, 0.5) is 0 Å². The lowest BCUT2D eigenvalue weighted by atomic mass is 9.43. The van der Waals surface area contributed by atoms with Gasteiger partial charge in [-0.15, -0.1) is 0 Å². The molecule has 4 aliphatic carbocycles. The number of nitrogens with two attached hydrogens (primary N) is 1. The summed E-state index contributed by atoms with van der Waals surface area (Å²) in [6, 6.07) is 0. The van der Waals surface area contributed by atoms with E-state index in [1.807, 2.05) is 27.7 Å². The van der Waals surface area contributed by atoms with Crippen LogP contribution in [0.2, 0.25) is 0 Å². The van der Waals surface area contributed by atoms with Gasteiger partial charge < -0.3 is 30.9 Å². The second-order valence-electron chi connectivity index (χ2n) is 17.8. The number of hydrogen-bond donors (Lipinski definition) is 4. The van der Waals surface area contributed by atoms with Crippen molar-refractivity contribution in [2.75, 3.05) is 39.3 Å². The van der Waals surface area contributed by atoms with Gasteiger partial charge in [0.15, 0.2) is 6.29 Å². The Hall–Kier alpha value is -0.730.